The van der Waals surface area contributed by atoms with Gasteiger partial charge in [0.15, 0.2) is 6.54 Å². The highest BCUT2D eigenvalue weighted by Gasteiger charge is 2.12. The van der Waals surface area contributed by atoms with Gasteiger partial charge >= 0.3 is 0 Å². The van der Waals surface area contributed by atoms with Gasteiger partial charge in [0.05, 0.1) is 24.4 Å². The van der Waals surface area contributed by atoms with Gasteiger partial charge in [0.25, 0.3) is 5.91 Å². The smallest absolute Gasteiger partial charge is 0.279 e. The van der Waals surface area contributed by atoms with E-state index in [1.807, 2.05) is 38.2 Å². The fourth-order valence-corrected chi connectivity index (χ4v) is 2.80. The maximum absolute atomic E-state index is 12.1. The number of carbonyl (C=O) groups excluding carboxylic acids is 1. The molecule has 4 nitrogen and oxygen atoms in total. The average Bonchev–Trinajstić information content (AvgIpc) is 2.52. The van der Waals surface area contributed by atoms with Crippen LogP contribution in [0.5, 0.6) is 5.75 Å². The van der Waals surface area contributed by atoms with Crippen molar-refractivity contribution in [2.45, 2.75) is 13.5 Å². The molecule has 0 saturated heterocycles. The van der Waals surface area contributed by atoms with E-state index in [1.54, 1.807) is 18.2 Å². The summed E-state index contributed by atoms with van der Waals surface area (Å²) in [6, 6.07) is 12.9. The highest BCUT2D eigenvalue weighted by Crippen LogP contribution is 2.25. The maximum atomic E-state index is 12.1. The highest BCUT2D eigenvalue weighted by atomic mass is 35.5. The quantitative estimate of drug-likeness (QED) is 0.789. The van der Waals surface area contributed by atoms with E-state index in [4.69, 9.17) is 27.9 Å². The van der Waals surface area contributed by atoms with Crippen molar-refractivity contribution in [2.75, 3.05) is 25.5 Å². The van der Waals surface area contributed by atoms with Gasteiger partial charge in [-0.15, -0.1) is 0 Å². The molecule has 0 aromatic heterocycles. The molecule has 0 fully saturated rings. The molecule has 0 heterocycles. The van der Waals surface area contributed by atoms with Crippen molar-refractivity contribution in [3.05, 3.63) is 58.1 Å². The van der Waals surface area contributed by atoms with Gasteiger partial charge in [-0.3, -0.25) is 4.79 Å². The van der Waals surface area contributed by atoms with Crippen molar-refractivity contribution in [3.63, 3.8) is 0 Å². The topological polar surface area (TPSA) is 42.8 Å². The number of likely N-dealkylation sites (N-methyl/N-ethyl adjacent to an activating group) is 1. The van der Waals surface area contributed by atoms with Crippen LogP contribution in [0.1, 0.15) is 12.5 Å². The van der Waals surface area contributed by atoms with Gasteiger partial charge in [-0.1, -0.05) is 23.2 Å². The number of anilines is 1. The first kappa shape index (κ1) is 18.6. The molecule has 128 valence electrons. The Balaban J connectivity index is 1.86. The first-order valence-electron chi connectivity index (χ1n) is 7.76. The van der Waals surface area contributed by atoms with Gasteiger partial charge < -0.3 is 15.0 Å². The number of quaternary nitrogens is 1. The second-order valence-corrected chi connectivity index (χ2v) is 6.40. The third-order valence-corrected chi connectivity index (χ3v) is 3.96. The minimum Gasteiger partial charge on any atom is -0.494 e. The van der Waals surface area contributed by atoms with Crippen LogP contribution in [-0.2, 0) is 11.3 Å². The molecule has 1 unspecified atom stereocenters. The molecule has 0 bridgehead atoms. The van der Waals surface area contributed by atoms with Crippen molar-refractivity contribution in [1.82, 2.24) is 0 Å². The first-order chi connectivity index (χ1) is 11.5. The number of hydrogen-bond acceptors (Lipinski definition) is 2. The molecule has 2 aromatic rings. The van der Waals surface area contributed by atoms with Gasteiger partial charge in [0.2, 0.25) is 0 Å². The molecule has 6 heteroatoms. The summed E-state index contributed by atoms with van der Waals surface area (Å²) in [6.45, 7) is 3.69. The molecule has 0 aliphatic heterocycles. The Kier molecular flexibility index (Phi) is 6.91. The van der Waals surface area contributed by atoms with Crippen molar-refractivity contribution < 1.29 is 14.4 Å². The lowest BCUT2D eigenvalue weighted by atomic mass is 10.2. The molecule has 2 N–H and O–H groups in total. The molecular weight excluding hydrogens is 347 g/mol. The predicted molar refractivity (Wildman–Crippen MR) is 98.2 cm³/mol. The van der Waals surface area contributed by atoms with Crippen LogP contribution < -0.4 is 15.0 Å². The first-order valence-corrected chi connectivity index (χ1v) is 8.51. The minimum atomic E-state index is -0.0948. The summed E-state index contributed by atoms with van der Waals surface area (Å²) < 4.78 is 5.42. The molecule has 1 atom stereocenters. The monoisotopic (exact) mass is 367 g/mol. The highest BCUT2D eigenvalue weighted by molar-refractivity contribution is 6.36. The van der Waals surface area contributed by atoms with E-state index < -0.39 is 0 Å². The van der Waals surface area contributed by atoms with Crippen molar-refractivity contribution in [3.8, 4) is 5.75 Å². The van der Waals surface area contributed by atoms with Crippen LogP contribution in [0.25, 0.3) is 0 Å². The second kappa shape index (κ2) is 8.92. The second-order valence-electron chi connectivity index (χ2n) is 5.56. The lowest BCUT2D eigenvalue weighted by Crippen LogP contribution is -3.08. The van der Waals surface area contributed by atoms with Crippen LogP contribution in [0.2, 0.25) is 10.0 Å². The van der Waals surface area contributed by atoms with E-state index in [1.165, 1.54) is 0 Å². The van der Waals surface area contributed by atoms with Crippen LogP contribution in [0.15, 0.2) is 42.5 Å². The van der Waals surface area contributed by atoms with Gasteiger partial charge in [-0.25, -0.2) is 0 Å². The Hall–Kier alpha value is -1.75. The third-order valence-electron chi connectivity index (χ3n) is 3.41. The number of ether oxygens (including phenoxy) is 1. The zero-order valence-electron chi connectivity index (χ0n) is 13.7. The fourth-order valence-electron chi connectivity index (χ4n) is 2.34. The van der Waals surface area contributed by atoms with Crippen LogP contribution >= 0.6 is 23.2 Å². The van der Waals surface area contributed by atoms with Crippen LogP contribution in [0.3, 0.4) is 0 Å². The van der Waals surface area contributed by atoms with Crippen molar-refractivity contribution in [1.29, 1.82) is 0 Å². The van der Waals surface area contributed by atoms with E-state index in [0.717, 1.165) is 22.8 Å². The van der Waals surface area contributed by atoms with E-state index in [0.29, 0.717) is 28.9 Å². The molecule has 24 heavy (non-hydrogen) atoms. The van der Waals surface area contributed by atoms with E-state index in [-0.39, 0.29) is 5.91 Å². The summed E-state index contributed by atoms with van der Waals surface area (Å²) in [4.78, 5) is 13.2. The molecule has 2 aromatic carbocycles. The predicted octanol–water partition coefficient (Wildman–Crippen LogP) is 3.05. The number of rotatable bonds is 7. The molecule has 0 radical (unpaired) electrons. The van der Waals surface area contributed by atoms with E-state index in [2.05, 4.69) is 5.32 Å². The zero-order valence-corrected chi connectivity index (χ0v) is 15.2. The number of amides is 1. The molecule has 1 amide bonds. The fraction of sp³-hybridized carbons (Fsp3) is 0.278. The van der Waals surface area contributed by atoms with Gasteiger partial charge in [-0.05, 0) is 49.4 Å². The van der Waals surface area contributed by atoms with Crippen molar-refractivity contribution >= 4 is 34.8 Å². The summed E-state index contributed by atoms with van der Waals surface area (Å²) in [7, 11) is 1.97. The average molecular weight is 368 g/mol. The van der Waals surface area contributed by atoms with E-state index in [9.17, 15) is 4.79 Å². The molecule has 0 spiro atoms. The molecule has 0 aliphatic carbocycles. The molecular formula is C18H21Cl2N2O2+. The number of hydrogen-bond donors (Lipinski definition) is 2. The van der Waals surface area contributed by atoms with E-state index >= 15 is 0 Å². The summed E-state index contributed by atoms with van der Waals surface area (Å²) in [5.74, 6) is 0.761. The Morgan fingerprint density at radius 2 is 1.88 bits per heavy atom. The van der Waals surface area contributed by atoms with Crippen LogP contribution in [0.4, 0.5) is 5.69 Å². The van der Waals surface area contributed by atoms with Crippen molar-refractivity contribution in [2.24, 2.45) is 0 Å². The lowest BCUT2D eigenvalue weighted by molar-refractivity contribution is -0.885. The maximum Gasteiger partial charge on any atom is 0.279 e. The van der Waals surface area contributed by atoms with Crippen LogP contribution in [0, 0.1) is 0 Å². The number of carbonyl (C=O) groups is 1. The van der Waals surface area contributed by atoms with Gasteiger partial charge in [0.1, 0.15) is 12.3 Å². The SMILES string of the molecule is CCOc1ccc(C[NH+](C)CC(=O)Nc2ccc(Cl)cc2Cl)cc1. The number of halogens is 2. The normalized spacial score (nSPS) is 11.8. The largest absolute Gasteiger partial charge is 0.494 e. The number of benzene rings is 2. The standard InChI is InChI=1S/C18H20Cl2N2O2/c1-3-24-15-7-4-13(5-8-15)11-22(2)12-18(23)21-17-9-6-14(19)10-16(17)20/h4-10H,3,11-12H2,1-2H3,(H,21,23)/p+1. The Morgan fingerprint density at radius 1 is 1.17 bits per heavy atom. The minimum absolute atomic E-state index is 0.0948. The molecule has 0 saturated carbocycles. The Morgan fingerprint density at radius 3 is 2.50 bits per heavy atom. The Bertz CT molecular complexity index is 690. The van der Waals surface area contributed by atoms with Gasteiger partial charge in [0, 0.05) is 10.6 Å². The van der Waals surface area contributed by atoms with Crippen LogP contribution in [-0.4, -0.2) is 26.1 Å². The van der Waals surface area contributed by atoms with Gasteiger partial charge in [-0.2, -0.15) is 0 Å². The zero-order chi connectivity index (χ0) is 17.5. The molecule has 2 rings (SSSR count). The third kappa shape index (κ3) is 5.71. The summed E-state index contributed by atoms with van der Waals surface area (Å²) in [6.07, 6.45) is 0. The molecule has 0 aliphatic rings. The number of nitrogens with one attached hydrogen (secondary N) is 2. The Labute approximate surface area is 152 Å². The summed E-state index contributed by atoms with van der Waals surface area (Å²) >= 11 is 11.9. The summed E-state index contributed by atoms with van der Waals surface area (Å²) in [5.41, 5.74) is 1.72. The summed E-state index contributed by atoms with van der Waals surface area (Å²) in [5, 5.41) is 3.78. The lowest BCUT2D eigenvalue weighted by Gasteiger charge is -2.15.